The summed E-state index contributed by atoms with van der Waals surface area (Å²) in [5.74, 6) is 0.860. The maximum absolute atomic E-state index is 11.5. The van der Waals surface area contributed by atoms with E-state index in [0.29, 0.717) is 19.1 Å². The third-order valence-corrected chi connectivity index (χ3v) is 3.29. The first kappa shape index (κ1) is 13.9. The van der Waals surface area contributed by atoms with Gasteiger partial charge in [-0.15, -0.1) is 0 Å². The van der Waals surface area contributed by atoms with Crippen LogP contribution in [0.15, 0.2) is 24.3 Å². The zero-order chi connectivity index (χ0) is 13.7. The van der Waals surface area contributed by atoms with Gasteiger partial charge in [-0.05, 0) is 37.0 Å². The fraction of sp³-hybridized carbons (Fsp3) is 0.533. The minimum Gasteiger partial charge on any atom is -0.493 e. The van der Waals surface area contributed by atoms with Crippen molar-refractivity contribution in [3.05, 3.63) is 29.8 Å². The molecular formula is C15H22N2O2. The lowest BCUT2D eigenvalue weighted by Crippen LogP contribution is -2.26. The normalized spacial score (nSPS) is 15.9. The molecule has 1 fully saturated rings. The Bertz CT molecular complexity index is 413. The van der Waals surface area contributed by atoms with E-state index in [1.165, 1.54) is 0 Å². The summed E-state index contributed by atoms with van der Waals surface area (Å²) in [5.41, 5.74) is 7.06. The van der Waals surface area contributed by atoms with Crippen molar-refractivity contribution >= 4 is 5.91 Å². The van der Waals surface area contributed by atoms with Crippen LogP contribution in [0.2, 0.25) is 0 Å². The van der Waals surface area contributed by atoms with Crippen molar-refractivity contribution in [1.82, 2.24) is 5.32 Å². The monoisotopic (exact) mass is 262 g/mol. The second kappa shape index (κ2) is 6.57. The number of hydrogen-bond acceptors (Lipinski definition) is 3. The molecule has 1 aliphatic carbocycles. The predicted molar refractivity (Wildman–Crippen MR) is 74.9 cm³/mol. The van der Waals surface area contributed by atoms with E-state index < -0.39 is 0 Å². The van der Waals surface area contributed by atoms with Crippen molar-refractivity contribution in [3.8, 4) is 5.75 Å². The van der Waals surface area contributed by atoms with Crippen LogP contribution in [0.4, 0.5) is 0 Å². The molecule has 19 heavy (non-hydrogen) atoms. The standard InChI is InChI=1S/C15H22N2O2/c1-2-14(16)11-3-7-13(8-4-11)19-10-9-15(18)17-12-5-6-12/h3-4,7-8,12,14H,2,5-6,9-10,16H2,1H3,(H,17,18)/t14-/m1/s1. The van der Waals surface area contributed by atoms with Crippen LogP contribution in [0.1, 0.15) is 44.2 Å². The molecule has 1 aromatic rings. The molecule has 1 saturated carbocycles. The van der Waals surface area contributed by atoms with Gasteiger partial charge in [0.2, 0.25) is 5.91 Å². The summed E-state index contributed by atoms with van der Waals surface area (Å²) in [5, 5.41) is 2.94. The molecule has 104 valence electrons. The number of rotatable bonds is 7. The van der Waals surface area contributed by atoms with Gasteiger partial charge in [-0.1, -0.05) is 19.1 Å². The molecule has 0 radical (unpaired) electrons. The predicted octanol–water partition coefficient (Wildman–Crippen LogP) is 2.14. The minimum absolute atomic E-state index is 0.0760. The lowest BCUT2D eigenvalue weighted by atomic mass is 10.1. The third-order valence-electron chi connectivity index (χ3n) is 3.29. The second-order valence-electron chi connectivity index (χ2n) is 5.02. The maximum atomic E-state index is 11.5. The van der Waals surface area contributed by atoms with Gasteiger partial charge in [-0.3, -0.25) is 4.79 Å². The van der Waals surface area contributed by atoms with Gasteiger partial charge in [0.1, 0.15) is 5.75 Å². The van der Waals surface area contributed by atoms with Crippen LogP contribution in [0.5, 0.6) is 5.75 Å². The summed E-state index contributed by atoms with van der Waals surface area (Å²) < 4.78 is 5.55. The second-order valence-corrected chi connectivity index (χ2v) is 5.02. The summed E-state index contributed by atoms with van der Waals surface area (Å²) >= 11 is 0. The van der Waals surface area contributed by atoms with Gasteiger partial charge < -0.3 is 15.8 Å². The van der Waals surface area contributed by atoms with Crippen LogP contribution >= 0.6 is 0 Å². The Balaban J connectivity index is 1.71. The molecule has 1 amide bonds. The van der Waals surface area contributed by atoms with Crippen molar-refractivity contribution in [1.29, 1.82) is 0 Å². The molecule has 0 unspecified atom stereocenters. The van der Waals surface area contributed by atoms with E-state index in [2.05, 4.69) is 12.2 Å². The molecule has 3 N–H and O–H groups in total. The van der Waals surface area contributed by atoms with Crippen LogP contribution < -0.4 is 15.8 Å². The van der Waals surface area contributed by atoms with Crippen LogP contribution in [-0.2, 0) is 4.79 Å². The Morgan fingerprint density at radius 1 is 1.42 bits per heavy atom. The van der Waals surface area contributed by atoms with E-state index in [-0.39, 0.29) is 11.9 Å². The molecule has 2 rings (SSSR count). The van der Waals surface area contributed by atoms with Crippen LogP contribution in [0.25, 0.3) is 0 Å². The molecule has 1 atom stereocenters. The highest BCUT2D eigenvalue weighted by atomic mass is 16.5. The van der Waals surface area contributed by atoms with E-state index >= 15 is 0 Å². The summed E-state index contributed by atoms with van der Waals surface area (Å²) in [6.07, 6.45) is 3.56. The quantitative estimate of drug-likeness (QED) is 0.791. The number of nitrogens with two attached hydrogens (primary N) is 1. The molecule has 0 aromatic heterocycles. The molecular weight excluding hydrogens is 240 g/mol. The number of nitrogens with one attached hydrogen (secondary N) is 1. The van der Waals surface area contributed by atoms with Crippen molar-refractivity contribution in [2.45, 2.75) is 44.7 Å². The van der Waals surface area contributed by atoms with Gasteiger partial charge in [-0.2, -0.15) is 0 Å². The smallest absolute Gasteiger partial charge is 0.223 e. The van der Waals surface area contributed by atoms with Crippen molar-refractivity contribution in [2.24, 2.45) is 5.73 Å². The van der Waals surface area contributed by atoms with Gasteiger partial charge in [-0.25, -0.2) is 0 Å². The highest BCUT2D eigenvalue weighted by molar-refractivity contribution is 5.76. The van der Waals surface area contributed by atoms with E-state index in [9.17, 15) is 4.79 Å². The summed E-state index contributed by atoms with van der Waals surface area (Å²) in [7, 11) is 0. The van der Waals surface area contributed by atoms with Crippen molar-refractivity contribution in [2.75, 3.05) is 6.61 Å². The average Bonchev–Trinajstić information content (AvgIpc) is 3.22. The Labute approximate surface area is 114 Å². The Morgan fingerprint density at radius 3 is 2.68 bits per heavy atom. The number of ether oxygens (including phenoxy) is 1. The Hall–Kier alpha value is -1.55. The van der Waals surface area contributed by atoms with Crippen LogP contribution in [0.3, 0.4) is 0 Å². The van der Waals surface area contributed by atoms with E-state index in [1.54, 1.807) is 0 Å². The summed E-state index contributed by atoms with van der Waals surface area (Å²) in [6.45, 7) is 2.48. The maximum Gasteiger partial charge on any atom is 0.223 e. The SMILES string of the molecule is CC[C@@H](N)c1ccc(OCCC(=O)NC2CC2)cc1. The van der Waals surface area contributed by atoms with E-state index in [0.717, 1.165) is 30.6 Å². The topological polar surface area (TPSA) is 64.3 Å². The van der Waals surface area contributed by atoms with Gasteiger partial charge >= 0.3 is 0 Å². The Morgan fingerprint density at radius 2 is 2.11 bits per heavy atom. The van der Waals surface area contributed by atoms with Crippen LogP contribution in [-0.4, -0.2) is 18.6 Å². The van der Waals surface area contributed by atoms with Gasteiger partial charge in [0.25, 0.3) is 0 Å². The van der Waals surface area contributed by atoms with Crippen molar-refractivity contribution < 1.29 is 9.53 Å². The molecule has 4 nitrogen and oxygen atoms in total. The van der Waals surface area contributed by atoms with Gasteiger partial charge in [0.15, 0.2) is 0 Å². The largest absolute Gasteiger partial charge is 0.493 e. The fourth-order valence-corrected chi connectivity index (χ4v) is 1.84. The molecule has 0 bridgehead atoms. The first-order valence-electron chi connectivity index (χ1n) is 6.96. The summed E-state index contributed by atoms with van der Waals surface area (Å²) in [4.78, 5) is 11.5. The van der Waals surface area contributed by atoms with E-state index in [1.807, 2.05) is 24.3 Å². The van der Waals surface area contributed by atoms with Crippen molar-refractivity contribution in [3.63, 3.8) is 0 Å². The number of carbonyl (C=O) groups is 1. The van der Waals surface area contributed by atoms with E-state index in [4.69, 9.17) is 10.5 Å². The van der Waals surface area contributed by atoms with Crippen LogP contribution in [0, 0.1) is 0 Å². The minimum atomic E-state index is 0.0760. The third kappa shape index (κ3) is 4.56. The molecule has 0 aliphatic heterocycles. The average molecular weight is 262 g/mol. The fourth-order valence-electron chi connectivity index (χ4n) is 1.84. The number of hydrogen-bond donors (Lipinski definition) is 2. The zero-order valence-corrected chi connectivity index (χ0v) is 11.4. The highest BCUT2D eigenvalue weighted by Crippen LogP contribution is 2.19. The molecule has 0 spiro atoms. The first-order valence-corrected chi connectivity index (χ1v) is 6.96. The van der Waals surface area contributed by atoms with Gasteiger partial charge in [0.05, 0.1) is 13.0 Å². The highest BCUT2D eigenvalue weighted by Gasteiger charge is 2.22. The number of amides is 1. The number of benzene rings is 1. The molecule has 0 heterocycles. The van der Waals surface area contributed by atoms with Gasteiger partial charge in [0, 0.05) is 12.1 Å². The zero-order valence-electron chi connectivity index (χ0n) is 11.4. The molecule has 1 aliphatic rings. The molecule has 1 aromatic carbocycles. The lowest BCUT2D eigenvalue weighted by molar-refractivity contribution is -0.121. The molecule has 4 heteroatoms. The number of carbonyl (C=O) groups excluding carboxylic acids is 1. The lowest BCUT2D eigenvalue weighted by Gasteiger charge is -2.11. The Kier molecular flexibility index (Phi) is 4.80. The first-order chi connectivity index (χ1) is 9.19. The summed E-state index contributed by atoms with van der Waals surface area (Å²) in [6, 6.07) is 8.27. The molecule has 0 saturated heterocycles.